The van der Waals surface area contributed by atoms with Crippen LogP contribution in [0.25, 0.3) is 16.9 Å². The molecule has 2 aromatic carbocycles. The maximum atomic E-state index is 13.3. The van der Waals surface area contributed by atoms with Crippen LogP contribution in [-0.2, 0) is 31.0 Å². The maximum Gasteiger partial charge on any atom is 0.410 e. The van der Waals surface area contributed by atoms with Crippen LogP contribution in [0.2, 0.25) is 0 Å². The summed E-state index contributed by atoms with van der Waals surface area (Å²) in [7, 11) is 0. The largest absolute Gasteiger partial charge is 0.445 e. The van der Waals surface area contributed by atoms with Crippen molar-refractivity contribution in [2.24, 2.45) is 0 Å². The number of aryl methyl sites for hydroxylation is 1. The number of hydrogen-bond acceptors (Lipinski definition) is 4. The van der Waals surface area contributed by atoms with E-state index in [-0.39, 0.29) is 24.5 Å². The van der Waals surface area contributed by atoms with Gasteiger partial charge in [-0.15, -0.1) is 0 Å². The van der Waals surface area contributed by atoms with E-state index in [2.05, 4.69) is 5.10 Å². The van der Waals surface area contributed by atoms with E-state index in [0.717, 1.165) is 16.8 Å². The monoisotopic (exact) mass is 432 g/mol. The highest BCUT2D eigenvalue weighted by Gasteiger charge is 2.31. The Labute approximate surface area is 183 Å². The number of amides is 1. The van der Waals surface area contributed by atoms with Crippen LogP contribution in [0.3, 0.4) is 0 Å². The van der Waals surface area contributed by atoms with Gasteiger partial charge in [0.15, 0.2) is 0 Å². The van der Waals surface area contributed by atoms with Gasteiger partial charge in [0.25, 0.3) is 5.56 Å². The lowest BCUT2D eigenvalue weighted by Crippen LogP contribution is -2.27. The molecular formula is C24H21FN4O3. The van der Waals surface area contributed by atoms with Crippen molar-refractivity contribution >= 4 is 11.7 Å². The molecule has 7 nitrogen and oxygen atoms in total. The highest BCUT2D eigenvalue weighted by molar-refractivity contribution is 5.69. The van der Waals surface area contributed by atoms with E-state index in [1.165, 1.54) is 21.5 Å². The van der Waals surface area contributed by atoms with Crippen molar-refractivity contribution < 1.29 is 13.9 Å². The Morgan fingerprint density at radius 3 is 2.56 bits per heavy atom. The molecule has 1 aliphatic heterocycles. The first-order chi connectivity index (χ1) is 15.5. The summed E-state index contributed by atoms with van der Waals surface area (Å²) >= 11 is 0. The van der Waals surface area contributed by atoms with Crippen molar-refractivity contribution in [3.05, 3.63) is 93.7 Å². The third-order valence-electron chi connectivity index (χ3n) is 5.70. The molecule has 0 atom stereocenters. The average Bonchev–Trinajstić information content (AvgIpc) is 3.45. The van der Waals surface area contributed by atoms with Crippen molar-refractivity contribution in [1.82, 2.24) is 19.1 Å². The normalized spacial score (nSPS) is 12.9. The number of nitrogens with zero attached hydrogens (tertiary/aromatic N) is 4. The van der Waals surface area contributed by atoms with Gasteiger partial charge in [0.05, 0.1) is 24.3 Å². The first kappa shape index (κ1) is 20.0. The molecule has 3 heterocycles. The molecule has 2 aromatic heterocycles. The predicted molar refractivity (Wildman–Crippen MR) is 116 cm³/mol. The topological polar surface area (TPSA) is 68.8 Å². The van der Waals surface area contributed by atoms with Gasteiger partial charge in [0, 0.05) is 23.9 Å². The first-order valence-electron chi connectivity index (χ1n) is 10.4. The molecule has 162 valence electrons. The lowest BCUT2D eigenvalue weighted by molar-refractivity contribution is 0.0950. The lowest BCUT2D eigenvalue weighted by atomic mass is 10.1. The van der Waals surface area contributed by atoms with Crippen molar-refractivity contribution in [2.45, 2.75) is 33.2 Å². The van der Waals surface area contributed by atoms with Crippen molar-refractivity contribution in [3.8, 4) is 11.3 Å². The van der Waals surface area contributed by atoms with Gasteiger partial charge in [0.2, 0.25) is 0 Å². The Bertz CT molecular complexity index is 1360. The van der Waals surface area contributed by atoms with Crippen LogP contribution in [0.4, 0.5) is 9.18 Å². The third-order valence-corrected chi connectivity index (χ3v) is 5.70. The lowest BCUT2D eigenvalue weighted by Gasteiger charge is -2.16. The quantitative estimate of drug-likeness (QED) is 0.489. The molecular weight excluding hydrogens is 411 g/mol. The van der Waals surface area contributed by atoms with E-state index >= 15 is 0 Å². The van der Waals surface area contributed by atoms with E-state index in [1.807, 2.05) is 47.9 Å². The summed E-state index contributed by atoms with van der Waals surface area (Å²) < 4.78 is 22.1. The van der Waals surface area contributed by atoms with Gasteiger partial charge in [-0.2, -0.15) is 9.61 Å². The van der Waals surface area contributed by atoms with Gasteiger partial charge in [-0.25, -0.2) is 9.18 Å². The van der Waals surface area contributed by atoms with Crippen molar-refractivity contribution in [3.63, 3.8) is 0 Å². The fourth-order valence-corrected chi connectivity index (χ4v) is 4.09. The molecule has 0 saturated heterocycles. The van der Waals surface area contributed by atoms with Crippen LogP contribution in [0, 0.1) is 5.82 Å². The summed E-state index contributed by atoms with van der Waals surface area (Å²) in [6.45, 7) is 3.22. The smallest absolute Gasteiger partial charge is 0.410 e. The number of hydrogen-bond donors (Lipinski definition) is 0. The second kappa shape index (κ2) is 7.96. The minimum atomic E-state index is -0.461. The van der Waals surface area contributed by atoms with E-state index < -0.39 is 6.09 Å². The predicted octanol–water partition coefficient (Wildman–Crippen LogP) is 3.97. The zero-order valence-corrected chi connectivity index (χ0v) is 17.5. The summed E-state index contributed by atoms with van der Waals surface area (Å²) in [4.78, 5) is 27.3. The first-order valence-corrected chi connectivity index (χ1v) is 10.4. The van der Waals surface area contributed by atoms with E-state index in [4.69, 9.17) is 4.74 Å². The van der Waals surface area contributed by atoms with Gasteiger partial charge < -0.3 is 9.30 Å². The second-order valence-corrected chi connectivity index (χ2v) is 7.68. The van der Waals surface area contributed by atoms with E-state index in [9.17, 15) is 14.0 Å². The van der Waals surface area contributed by atoms with Crippen molar-refractivity contribution in [2.75, 3.05) is 0 Å². The van der Waals surface area contributed by atoms with E-state index in [1.54, 1.807) is 12.1 Å². The summed E-state index contributed by atoms with van der Waals surface area (Å²) in [5, 5.41) is 4.47. The number of halogens is 1. The molecule has 8 heteroatoms. The van der Waals surface area contributed by atoms with Gasteiger partial charge >= 0.3 is 6.09 Å². The molecule has 0 bridgehead atoms. The fraction of sp³-hybridized carbons (Fsp3) is 0.208. The highest BCUT2D eigenvalue weighted by Crippen LogP contribution is 2.26. The van der Waals surface area contributed by atoms with Crippen LogP contribution < -0.4 is 5.56 Å². The molecule has 1 amide bonds. The molecule has 1 aliphatic rings. The molecule has 0 aliphatic carbocycles. The Balaban J connectivity index is 1.45. The van der Waals surface area contributed by atoms with Crippen LogP contribution in [-0.4, -0.2) is 25.2 Å². The Hall–Kier alpha value is -3.94. The molecule has 0 unspecified atom stereocenters. The molecule has 4 aromatic rings. The number of aromatic nitrogens is 3. The van der Waals surface area contributed by atoms with E-state index in [0.29, 0.717) is 30.0 Å². The molecule has 0 spiro atoms. The number of benzene rings is 2. The summed E-state index contributed by atoms with van der Waals surface area (Å²) in [5.74, 6) is -0.330. The number of ether oxygens (including phenoxy) is 1. The number of carbonyl (C=O) groups is 1. The van der Waals surface area contributed by atoms with Gasteiger partial charge in [-0.1, -0.05) is 30.3 Å². The minimum absolute atomic E-state index is 0.170. The second-order valence-electron chi connectivity index (χ2n) is 7.68. The van der Waals surface area contributed by atoms with Gasteiger partial charge in [0.1, 0.15) is 18.1 Å². The molecule has 0 radical (unpaired) electrons. The van der Waals surface area contributed by atoms with Crippen molar-refractivity contribution in [1.29, 1.82) is 0 Å². The number of fused-ring (bicyclic) bond motifs is 2. The number of carbonyl (C=O) groups excluding carboxylic acids is 1. The SMILES string of the molecule is CCn1c2c(c(=O)n3nc(-c4ccc(F)cc4)cc13)CN(C(=O)OCc1ccccc1)C2. The maximum absolute atomic E-state index is 13.3. The molecule has 5 rings (SSSR count). The van der Waals surface area contributed by atoms with Gasteiger partial charge in [-0.05, 0) is 36.8 Å². The standard InChI is InChI=1S/C24H21FN4O3/c1-2-28-21-14-27(24(31)32-15-16-6-4-3-5-7-16)13-19(21)23(30)29-22(28)12-20(26-29)17-8-10-18(25)11-9-17/h3-12H,2,13-15H2,1H3. The Morgan fingerprint density at radius 2 is 1.84 bits per heavy atom. The van der Waals surface area contributed by atoms with Crippen LogP contribution >= 0.6 is 0 Å². The molecule has 32 heavy (non-hydrogen) atoms. The van der Waals surface area contributed by atoms with Gasteiger partial charge in [-0.3, -0.25) is 9.69 Å². The zero-order valence-electron chi connectivity index (χ0n) is 17.5. The Morgan fingerprint density at radius 1 is 1.09 bits per heavy atom. The molecule has 0 N–H and O–H groups in total. The summed E-state index contributed by atoms with van der Waals surface area (Å²) in [6, 6.07) is 17.3. The Kier molecular flexibility index (Phi) is 4.97. The molecule has 0 saturated carbocycles. The third kappa shape index (κ3) is 3.43. The van der Waals surface area contributed by atoms with Crippen LogP contribution in [0.1, 0.15) is 23.7 Å². The molecule has 0 fully saturated rings. The summed E-state index contributed by atoms with van der Waals surface area (Å²) in [5.41, 5.74) is 3.91. The minimum Gasteiger partial charge on any atom is -0.445 e. The number of rotatable bonds is 4. The zero-order chi connectivity index (χ0) is 22.2. The fourth-order valence-electron chi connectivity index (χ4n) is 4.09. The average molecular weight is 432 g/mol. The van der Waals surface area contributed by atoms with Crippen LogP contribution in [0.5, 0.6) is 0 Å². The highest BCUT2D eigenvalue weighted by atomic mass is 19.1. The summed E-state index contributed by atoms with van der Waals surface area (Å²) in [6.07, 6.45) is -0.461. The van der Waals surface area contributed by atoms with Crippen LogP contribution in [0.15, 0.2) is 65.5 Å².